The van der Waals surface area contributed by atoms with E-state index in [9.17, 15) is 0 Å². The molecule has 1 saturated heterocycles. The molecule has 1 N–H and O–H groups in total. The van der Waals surface area contributed by atoms with Gasteiger partial charge >= 0.3 is 0 Å². The van der Waals surface area contributed by atoms with E-state index in [-0.39, 0.29) is 5.60 Å². The predicted octanol–water partition coefficient (Wildman–Crippen LogP) is 4.98. The van der Waals surface area contributed by atoms with Crippen LogP contribution in [0.25, 0.3) is 0 Å². The van der Waals surface area contributed by atoms with Gasteiger partial charge in [0, 0.05) is 13.2 Å². The molecule has 1 fully saturated rings. The maximum Gasteiger partial charge on any atom is 0.0631 e. The van der Waals surface area contributed by atoms with E-state index >= 15 is 0 Å². The first-order chi connectivity index (χ1) is 12.1. The molecule has 1 aliphatic rings. The molecule has 0 saturated carbocycles. The van der Waals surface area contributed by atoms with E-state index in [1.54, 1.807) is 0 Å². The molecule has 1 heterocycles. The van der Waals surface area contributed by atoms with E-state index in [4.69, 9.17) is 4.74 Å². The molecular weight excluding hydrogens is 306 g/mol. The van der Waals surface area contributed by atoms with E-state index in [2.05, 4.69) is 79.8 Å². The summed E-state index contributed by atoms with van der Waals surface area (Å²) in [6.45, 7) is 7.35. The van der Waals surface area contributed by atoms with Crippen LogP contribution in [0.1, 0.15) is 44.2 Å². The normalized spacial score (nSPS) is 22.6. The second-order valence-electron chi connectivity index (χ2n) is 8.11. The minimum Gasteiger partial charge on any atom is -0.376 e. The fourth-order valence-electron chi connectivity index (χ4n) is 4.25. The molecule has 0 aliphatic carbocycles. The number of nitrogens with one attached hydrogen (secondary N) is 1. The van der Waals surface area contributed by atoms with Gasteiger partial charge in [-0.05, 0) is 62.6 Å². The summed E-state index contributed by atoms with van der Waals surface area (Å²) in [6.07, 6.45) is 4.62. The first-order valence-corrected chi connectivity index (χ1v) is 9.50. The van der Waals surface area contributed by atoms with Crippen LogP contribution in [0.5, 0.6) is 0 Å². The van der Waals surface area contributed by atoms with Crippen molar-refractivity contribution in [1.29, 1.82) is 0 Å². The zero-order chi connectivity index (χ0) is 17.6. The number of rotatable bonds is 7. The van der Waals surface area contributed by atoms with Crippen LogP contribution >= 0.6 is 0 Å². The Labute approximate surface area is 152 Å². The Morgan fingerprint density at radius 1 is 0.920 bits per heavy atom. The quantitative estimate of drug-likeness (QED) is 0.719. The smallest absolute Gasteiger partial charge is 0.0631 e. The van der Waals surface area contributed by atoms with Crippen molar-refractivity contribution in [3.05, 3.63) is 71.8 Å². The molecule has 2 heteroatoms. The Hall–Kier alpha value is -1.64. The molecule has 134 valence electrons. The lowest BCUT2D eigenvalue weighted by molar-refractivity contribution is -0.107. The van der Waals surface area contributed by atoms with Gasteiger partial charge in [-0.1, -0.05) is 60.7 Å². The largest absolute Gasteiger partial charge is 0.376 e. The van der Waals surface area contributed by atoms with Crippen molar-refractivity contribution < 1.29 is 4.74 Å². The van der Waals surface area contributed by atoms with Crippen molar-refractivity contribution >= 4 is 0 Å². The third-order valence-electron chi connectivity index (χ3n) is 5.35. The molecule has 0 amide bonds. The number of hydrogen-bond donors (Lipinski definition) is 1. The van der Waals surface area contributed by atoms with Crippen LogP contribution in [0.4, 0.5) is 0 Å². The summed E-state index contributed by atoms with van der Waals surface area (Å²) in [5, 5.41) is 3.65. The minimum absolute atomic E-state index is 0.0214. The van der Waals surface area contributed by atoms with E-state index in [1.165, 1.54) is 17.5 Å². The van der Waals surface area contributed by atoms with Gasteiger partial charge < -0.3 is 10.1 Å². The van der Waals surface area contributed by atoms with Crippen molar-refractivity contribution in [2.45, 2.75) is 51.7 Å². The number of hydrogen-bond acceptors (Lipinski definition) is 2. The maximum atomic E-state index is 6.01. The lowest BCUT2D eigenvalue weighted by Gasteiger charge is -2.45. The van der Waals surface area contributed by atoms with Gasteiger partial charge in [0.2, 0.25) is 0 Å². The van der Waals surface area contributed by atoms with Crippen LogP contribution < -0.4 is 5.32 Å². The highest BCUT2D eigenvalue weighted by Gasteiger charge is 2.40. The highest BCUT2D eigenvalue weighted by Crippen LogP contribution is 2.43. The molecule has 0 bridgehead atoms. The summed E-state index contributed by atoms with van der Waals surface area (Å²) in [4.78, 5) is 0. The molecule has 2 nitrogen and oxygen atoms in total. The van der Waals surface area contributed by atoms with Gasteiger partial charge in [-0.25, -0.2) is 0 Å². The summed E-state index contributed by atoms with van der Waals surface area (Å²) in [7, 11) is 0. The Balaban J connectivity index is 1.62. The molecular formula is C23H31NO. The van der Waals surface area contributed by atoms with Gasteiger partial charge in [-0.15, -0.1) is 0 Å². The van der Waals surface area contributed by atoms with Crippen molar-refractivity contribution in [3.8, 4) is 0 Å². The maximum absolute atomic E-state index is 6.01. The highest BCUT2D eigenvalue weighted by molar-refractivity contribution is 5.17. The van der Waals surface area contributed by atoms with Crippen molar-refractivity contribution in [3.63, 3.8) is 0 Å². The molecule has 3 rings (SSSR count). The summed E-state index contributed by atoms with van der Waals surface area (Å²) in [5.41, 5.74) is 3.11. The van der Waals surface area contributed by atoms with Crippen LogP contribution in [-0.2, 0) is 17.7 Å². The zero-order valence-corrected chi connectivity index (χ0v) is 15.6. The Kier molecular flexibility index (Phi) is 5.93. The van der Waals surface area contributed by atoms with Crippen LogP contribution in [0.15, 0.2) is 60.7 Å². The average Bonchev–Trinajstić information content (AvgIpc) is 2.60. The van der Waals surface area contributed by atoms with E-state index in [0.29, 0.717) is 5.41 Å². The summed E-state index contributed by atoms with van der Waals surface area (Å²) < 4.78 is 6.01. The fraction of sp³-hybridized carbons (Fsp3) is 0.478. The molecule has 2 aromatic carbocycles. The van der Waals surface area contributed by atoms with E-state index < -0.39 is 0 Å². The van der Waals surface area contributed by atoms with Gasteiger partial charge in [0.05, 0.1) is 5.60 Å². The molecule has 0 spiro atoms. The highest BCUT2D eigenvalue weighted by atomic mass is 16.5. The third-order valence-corrected chi connectivity index (χ3v) is 5.35. The molecule has 0 radical (unpaired) electrons. The molecule has 1 aliphatic heterocycles. The minimum atomic E-state index is -0.0214. The molecule has 0 aromatic heterocycles. The summed E-state index contributed by atoms with van der Waals surface area (Å²) in [5.74, 6) is 0. The first kappa shape index (κ1) is 18.2. The topological polar surface area (TPSA) is 21.3 Å². The monoisotopic (exact) mass is 337 g/mol. The number of benzene rings is 2. The van der Waals surface area contributed by atoms with Gasteiger partial charge in [0.1, 0.15) is 0 Å². The van der Waals surface area contributed by atoms with Gasteiger partial charge in [-0.3, -0.25) is 0 Å². The lowest BCUT2D eigenvalue weighted by atomic mass is 9.68. The summed E-state index contributed by atoms with van der Waals surface area (Å²) >= 11 is 0. The predicted molar refractivity (Wildman–Crippen MR) is 105 cm³/mol. The van der Waals surface area contributed by atoms with E-state index in [1.807, 2.05) is 0 Å². The molecule has 2 aromatic rings. The van der Waals surface area contributed by atoms with Crippen LogP contribution in [-0.4, -0.2) is 18.8 Å². The average molecular weight is 338 g/mol. The van der Waals surface area contributed by atoms with Crippen LogP contribution in [0.2, 0.25) is 0 Å². The van der Waals surface area contributed by atoms with Crippen molar-refractivity contribution in [1.82, 2.24) is 5.32 Å². The van der Waals surface area contributed by atoms with Crippen molar-refractivity contribution in [2.75, 3.05) is 13.2 Å². The van der Waals surface area contributed by atoms with Gasteiger partial charge in [-0.2, -0.15) is 0 Å². The molecule has 1 atom stereocenters. The van der Waals surface area contributed by atoms with Crippen LogP contribution in [0, 0.1) is 5.41 Å². The Morgan fingerprint density at radius 3 is 2.20 bits per heavy atom. The zero-order valence-electron chi connectivity index (χ0n) is 15.6. The SMILES string of the molecule is CC1(C)C[C@@](CCNCc2ccccc2)(Cc2ccccc2)CCO1. The van der Waals surface area contributed by atoms with Crippen LogP contribution in [0.3, 0.4) is 0 Å². The Morgan fingerprint density at radius 2 is 1.56 bits per heavy atom. The fourth-order valence-corrected chi connectivity index (χ4v) is 4.25. The molecule has 0 unspecified atom stereocenters. The Bertz CT molecular complexity index is 638. The second-order valence-corrected chi connectivity index (χ2v) is 8.11. The van der Waals surface area contributed by atoms with Crippen molar-refractivity contribution in [2.24, 2.45) is 5.41 Å². The van der Waals surface area contributed by atoms with E-state index in [0.717, 1.165) is 39.0 Å². The van der Waals surface area contributed by atoms with Gasteiger partial charge in [0.15, 0.2) is 0 Å². The van der Waals surface area contributed by atoms with Gasteiger partial charge in [0.25, 0.3) is 0 Å². The number of ether oxygens (including phenoxy) is 1. The lowest BCUT2D eigenvalue weighted by Crippen LogP contribution is -2.43. The standard InChI is InChI=1S/C23H31NO/c1-22(2)19-23(14-16-25-22,17-20-9-5-3-6-10-20)13-15-24-18-21-11-7-4-8-12-21/h3-12,24H,13-19H2,1-2H3/t23-/m1/s1. The second kappa shape index (κ2) is 8.16. The first-order valence-electron chi connectivity index (χ1n) is 9.50. The third kappa shape index (κ3) is 5.42. The summed E-state index contributed by atoms with van der Waals surface area (Å²) in [6, 6.07) is 21.6. The molecule has 25 heavy (non-hydrogen) atoms.